The van der Waals surface area contributed by atoms with Gasteiger partial charge in [0.05, 0.1) is 11.8 Å². The second-order valence-electron chi connectivity index (χ2n) is 5.56. The van der Waals surface area contributed by atoms with E-state index in [9.17, 15) is 4.79 Å². The maximum atomic E-state index is 12.1. The Balaban J connectivity index is 1.51. The number of carbonyl (C=O) groups excluding carboxylic acids is 1. The molecule has 0 saturated heterocycles. The van der Waals surface area contributed by atoms with Crippen LogP contribution in [0.4, 0.5) is 0 Å². The van der Waals surface area contributed by atoms with Gasteiger partial charge in [0, 0.05) is 16.2 Å². The first-order chi connectivity index (χ1) is 11.6. The van der Waals surface area contributed by atoms with Crippen LogP contribution in [0.3, 0.4) is 0 Å². The molecule has 0 saturated carbocycles. The van der Waals surface area contributed by atoms with Gasteiger partial charge in [0.25, 0.3) is 0 Å². The normalized spacial score (nSPS) is 12.2. The number of rotatable bonds is 6. The highest BCUT2D eigenvalue weighted by Crippen LogP contribution is 2.24. The van der Waals surface area contributed by atoms with E-state index in [1.165, 1.54) is 0 Å². The molecule has 3 nitrogen and oxygen atoms in total. The van der Waals surface area contributed by atoms with Crippen molar-refractivity contribution >= 4 is 40.2 Å². The lowest BCUT2D eigenvalue weighted by Gasteiger charge is -2.11. The topological polar surface area (TPSA) is 42.2 Å². The van der Waals surface area contributed by atoms with E-state index in [0.717, 1.165) is 27.3 Å². The number of hydrogen-bond acceptors (Lipinski definition) is 3. The van der Waals surface area contributed by atoms with Crippen LogP contribution in [0.15, 0.2) is 59.0 Å². The Labute approximate surface area is 150 Å². The summed E-state index contributed by atoms with van der Waals surface area (Å²) in [6.07, 6.45) is 0. The molecule has 0 spiro atoms. The summed E-state index contributed by atoms with van der Waals surface area (Å²) in [5.41, 5.74) is 1.88. The van der Waals surface area contributed by atoms with Crippen LogP contribution in [-0.4, -0.2) is 11.7 Å². The van der Waals surface area contributed by atoms with Gasteiger partial charge < -0.3 is 9.73 Å². The van der Waals surface area contributed by atoms with Crippen molar-refractivity contribution in [3.8, 4) is 0 Å². The number of benzene rings is 2. The summed E-state index contributed by atoms with van der Waals surface area (Å²) < 4.78 is 5.78. The number of thioether (sulfide) groups is 1. The van der Waals surface area contributed by atoms with Gasteiger partial charge in [-0.25, -0.2) is 0 Å². The van der Waals surface area contributed by atoms with E-state index in [1.54, 1.807) is 11.8 Å². The van der Waals surface area contributed by atoms with E-state index in [2.05, 4.69) is 5.32 Å². The van der Waals surface area contributed by atoms with Crippen molar-refractivity contribution < 1.29 is 9.21 Å². The second kappa shape index (κ2) is 7.77. The fourth-order valence-corrected chi connectivity index (χ4v) is 3.56. The zero-order chi connectivity index (χ0) is 16.9. The maximum absolute atomic E-state index is 12.1. The smallest absolute Gasteiger partial charge is 0.230 e. The highest BCUT2D eigenvalue weighted by molar-refractivity contribution is 7.99. The van der Waals surface area contributed by atoms with Gasteiger partial charge in [-0.05, 0) is 30.7 Å². The maximum Gasteiger partial charge on any atom is 0.230 e. The zero-order valence-corrected chi connectivity index (χ0v) is 14.9. The summed E-state index contributed by atoms with van der Waals surface area (Å²) in [6, 6.07) is 17.3. The van der Waals surface area contributed by atoms with Crippen molar-refractivity contribution in [3.05, 3.63) is 70.9 Å². The van der Waals surface area contributed by atoms with E-state index in [0.29, 0.717) is 11.5 Å². The van der Waals surface area contributed by atoms with Gasteiger partial charge in [-0.2, -0.15) is 0 Å². The summed E-state index contributed by atoms with van der Waals surface area (Å²) in [6.45, 7) is 1.92. The number of hydrogen-bond donors (Lipinski definition) is 1. The van der Waals surface area contributed by atoms with E-state index in [4.69, 9.17) is 16.0 Å². The van der Waals surface area contributed by atoms with Crippen molar-refractivity contribution in [1.82, 2.24) is 5.32 Å². The van der Waals surface area contributed by atoms with E-state index in [-0.39, 0.29) is 11.9 Å². The summed E-state index contributed by atoms with van der Waals surface area (Å²) in [4.78, 5) is 12.1. The third-order valence-corrected chi connectivity index (χ3v) is 5.05. The van der Waals surface area contributed by atoms with Crippen LogP contribution >= 0.6 is 23.4 Å². The van der Waals surface area contributed by atoms with Crippen LogP contribution in [0.2, 0.25) is 5.02 Å². The molecule has 124 valence electrons. The fourth-order valence-electron chi connectivity index (χ4n) is 2.44. The van der Waals surface area contributed by atoms with Crippen LogP contribution in [0, 0.1) is 0 Å². The highest BCUT2D eigenvalue weighted by Gasteiger charge is 2.14. The summed E-state index contributed by atoms with van der Waals surface area (Å²) in [5, 5.41) is 4.75. The monoisotopic (exact) mass is 359 g/mol. The van der Waals surface area contributed by atoms with E-state index >= 15 is 0 Å². The molecule has 0 radical (unpaired) electrons. The average molecular weight is 360 g/mol. The standard InChI is InChI=1S/C19H18ClNO2S/c1-13(18-10-14-6-3-5-9-17(14)23-18)21-19(22)12-24-11-15-7-2-4-8-16(15)20/h2-10,13H,11-12H2,1H3,(H,21,22)/t13-/m0/s1. The molecule has 3 aromatic rings. The lowest BCUT2D eigenvalue weighted by molar-refractivity contribution is -0.119. The van der Waals surface area contributed by atoms with Crippen LogP contribution in [0.25, 0.3) is 11.0 Å². The van der Waals surface area contributed by atoms with Gasteiger partial charge in [0.1, 0.15) is 11.3 Å². The third-order valence-electron chi connectivity index (χ3n) is 3.70. The predicted molar refractivity (Wildman–Crippen MR) is 100 cm³/mol. The average Bonchev–Trinajstić information content (AvgIpc) is 3.01. The van der Waals surface area contributed by atoms with Crippen LogP contribution in [0.1, 0.15) is 24.3 Å². The Hall–Kier alpha value is -1.91. The molecule has 0 aliphatic rings. The first-order valence-corrected chi connectivity index (χ1v) is 9.26. The fraction of sp³-hybridized carbons (Fsp3) is 0.211. The lowest BCUT2D eigenvalue weighted by atomic mass is 10.2. The number of carbonyl (C=O) groups is 1. The van der Waals surface area contributed by atoms with Crippen LogP contribution < -0.4 is 5.32 Å². The van der Waals surface area contributed by atoms with Gasteiger partial charge in [-0.15, -0.1) is 11.8 Å². The number of para-hydroxylation sites is 1. The Bertz CT molecular complexity index is 813. The van der Waals surface area contributed by atoms with Gasteiger partial charge in [-0.1, -0.05) is 48.0 Å². The Morgan fingerprint density at radius 3 is 2.75 bits per heavy atom. The highest BCUT2D eigenvalue weighted by atomic mass is 35.5. The molecule has 0 aliphatic heterocycles. The number of nitrogens with one attached hydrogen (secondary N) is 1. The number of amides is 1. The molecule has 1 N–H and O–H groups in total. The Kier molecular flexibility index (Phi) is 5.48. The van der Waals surface area contributed by atoms with Crippen molar-refractivity contribution in [1.29, 1.82) is 0 Å². The Morgan fingerprint density at radius 1 is 1.21 bits per heavy atom. The minimum absolute atomic E-state index is 0.0139. The molecule has 1 amide bonds. The largest absolute Gasteiger partial charge is 0.459 e. The van der Waals surface area contributed by atoms with Gasteiger partial charge >= 0.3 is 0 Å². The molecule has 0 unspecified atom stereocenters. The minimum Gasteiger partial charge on any atom is -0.459 e. The number of furan rings is 1. The Morgan fingerprint density at radius 2 is 1.96 bits per heavy atom. The van der Waals surface area contributed by atoms with Crippen molar-refractivity contribution in [2.75, 3.05) is 5.75 Å². The quantitative estimate of drug-likeness (QED) is 0.658. The molecule has 24 heavy (non-hydrogen) atoms. The zero-order valence-electron chi connectivity index (χ0n) is 13.3. The predicted octanol–water partition coefficient (Wildman–Crippen LogP) is 5.20. The SMILES string of the molecule is C[C@H](NC(=O)CSCc1ccccc1Cl)c1cc2ccccc2o1. The first kappa shape index (κ1) is 16.9. The van der Waals surface area contributed by atoms with Crippen molar-refractivity contribution in [3.63, 3.8) is 0 Å². The molecule has 1 atom stereocenters. The molecule has 0 bridgehead atoms. The molecular formula is C19H18ClNO2S. The molecule has 1 heterocycles. The minimum atomic E-state index is -0.161. The molecule has 2 aromatic carbocycles. The van der Waals surface area contributed by atoms with Gasteiger partial charge in [-0.3, -0.25) is 4.79 Å². The second-order valence-corrected chi connectivity index (χ2v) is 6.95. The van der Waals surface area contributed by atoms with Crippen LogP contribution in [-0.2, 0) is 10.5 Å². The van der Waals surface area contributed by atoms with E-state index < -0.39 is 0 Å². The molecule has 0 aliphatic carbocycles. The van der Waals surface area contributed by atoms with Crippen molar-refractivity contribution in [2.24, 2.45) is 0 Å². The third kappa shape index (κ3) is 4.13. The first-order valence-electron chi connectivity index (χ1n) is 7.72. The molecular weight excluding hydrogens is 342 g/mol. The van der Waals surface area contributed by atoms with E-state index in [1.807, 2.05) is 61.5 Å². The molecule has 3 rings (SSSR count). The summed E-state index contributed by atoms with van der Waals surface area (Å²) in [7, 11) is 0. The van der Waals surface area contributed by atoms with Gasteiger partial charge in [0.15, 0.2) is 0 Å². The molecule has 1 aromatic heterocycles. The van der Waals surface area contributed by atoms with Crippen LogP contribution in [0.5, 0.6) is 0 Å². The molecule has 5 heteroatoms. The number of halogens is 1. The lowest BCUT2D eigenvalue weighted by Crippen LogP contribution is -2.28. The van der Waals surface area contributed by atoms with Gasteiger partial charge in [0.2, 0.25) is 5.91 Å². The van der Waals surface area contributed by atoms with Crippen molar-refractivity contribution in [2.45, 2.75) is 18.7 Å². The summed E-state index contributed by atoms with van der Waals surface area (Å²) >= 11 is 7.66. The molecule has 0 fully saturated rings. The number of fused-ring (bicyclic) bond motifs is 1. The summed E-state index contributed by atoms with van der Waals surface area (Å²) in [5.74, 6) is 1.85.